The smallest absolute Gasteiger partial charge is 0.267 e. The van der Waals surface area contributed by atoms with Gasteiger partial charge in [-0.2, -0.15) is 5.10 Å². The normalized spacial score (nSPS) is 15.4. The molecule has 0 unspecified atom stereocenters. The predicted molar refractivity (Wildman–Crippen MR) is 170 cm³/mol. The number of hydrogen-bond donors (Lipinski definition) is 2. The predicted octanol–water partition coefficient (Wildman–Crippen LogP) is 5.24. The molecule has 1 fully saturated rings. The summed E-state index contributed by atoms with van der Waals surface area (Å²) in [5.41, 5.74) is 0.982. The van der Waals surface area contributed by atoms with Crippen LogP contribution in [0.3, 0.4) is 0 Å². The van der Waals surface area contributed by atoms with Crippen molar-refractivity contribution in [2.45, 2.75) is 11.4 Å². The van der Waals surface area contributed by atoms with Gasteiger partial charge in [-0.1, -0.05) is 29.8 Å². The lowest BCUT2D eigenvalue weighted by atomic mass is 10.2. The van der Waals surface area contributed by atoms with Crippen LogP contribution in [0.2, 0.25) is 5.02 Å². The van der Waals surface area contributed by atoms with Crippen molar-refractivity contribution in [2.24, 2.45) is 15.3 Å². The summed E-state index contributed by atoms with van der Waals surface area (Å²) >= 11 is 7.28. The molecular formula is C30H23ClFN5O6S2. The fourth-order valence-electron chi connectivity index (χ4n) is 3.97. The third kappa shape index (κ3) is 8.25. The maximum absolute atomic E-state index is 14.0. The van der Waals surface area contributed by atoms with Crippen molar-refractivity contribution >= 4 is 68.3 Å². The number of nitrogens with two attached hydrogens (primary N) is 1. The van der Waals surface area contributed by atoms with Gasteiger partial charge >= 0.3 is 0 Å². The summed E-state index contributed by atoms with van der Waals surface area (Å²) in [5, 5.41) is 16.5. The van der Waals surface area contributed by atoms with Gasteiger partial charge in [-0.15, -0.1) is 5.10 Å². The quantitative estimate of drug-likeness (QED) is 0.133. The number of sulfonamides is 1. The van der Waals surface area contributed by atoms with Crippen molar-refractivity contribution in [2.75, 3.05) is 11.9 Å². The largest absolute Gasteiger partial charge is 0.483 e. The number of amidine groups is 1. The number of primary sulfonamides is 1. The molecule has 0 aliphatic carbocycles. The van der Waals surface area contributed by atoms with Crippen LogP contribution < -0.4 is 15.2 Å². The van der Waals surface area contributed by atoms with Crippen molar-refractivity contribution in [3.8, 4) is 5.75 Å². The van der Waals surface area contributed by atoms with Crippen LogP contribution in [0.25, 0.3) is 6.08 Å². The number of furan rings is 1. The van der Waals surface area contributed by atoms with Gasteiger partial charge in [0, 0.05) is 21.8 Å². The highest BCUT2D eigenvalue weighted by Gasteiger charge is 2.34. The highest BCUT2D eigenvalue weighted by atomic mass is 35.5. The number of amides is 2. The number of ether oxygens (including phenoxy) is 1. The Morgan fingerprint density at radius 1 is 1.09 bits per heavy atom. The fraction of sp³-hybridized carbons (Fsp3) is 0.0667. The van der Waals surface area contributed by atoms with Gasteiger partial charge in [-0.05, 0) is 78.5 Å². The summed E-state index contributed by atoms with van der Waals surface area (Å²) in [5.74, 6) is -0.617. The monoisotopic (exact) mass is 667 g/mol. The minimum atomic E-state index is -3.87. The SMILES string of the molecule is NS(=O)(=O)c1ccc(NC(=O)COc2ccc(Cl)cc2/C=C2\S/C(=N\N=C\c3ccccc3F)N(Cc3ccco3)C2=O)cc1. The third-order valence-electron chi connectivity index (χ3n) is 6.11. The van der Waals surface area contributed by atoms with E-state index >= 15 is 0 Å². The lowest BCUT2D eigenvalue weighted by Gasteiger charge is -2.13. The lowest BCUT2D eigenvalue weighted by Crippen LogP contribution is -2.28. The van der Waals surface area contributed by atoms with Crippen molar-refractivity contribution in [1.82, 2.24) is 4.90 Å². The first-order valence-corrected chi connectivity index (χ1v) is 15.8. The van der Waals surface area contributed by atoms with Gasteiger partial charge in [-0.3, -0.25) is 14.5 Å². The van der Waals surface area contributed by atoms with Crippen LogP contribution >= 0.6 is 23.4 Å². The molecule has 4 aromatic rings. The van der Waals surface area contributed by atoms with Crippen molar-refractivity contribution < 1.29 is 31.6 Å². The molecule has 0 spiro atoms. The zero-order valence-corrected chi connectivity index (χ0v) is 25.5. The molecule has 1 aliphatic rings. The van der Waals surface area contributed by atoms with Gasteiger partial charge < -0.3 is 14.5 Å². The number of benzene rings is 3. The van der Waals surface area contributed by atoms with Gasteiger partial charge in [0.1, 0.15) is 17.3 Å². The third-order valence-corrected chi connectivity index (χ3v) is 8.27. The summed E-state index contributed by atoms with van der Waals surface area (Å²) < 4.78 is 48.1. The Balaban J connectivity index is 1.34. The highest BCUT2D eigenvalue weighted by molar-refractivity contribution is 8.18. The van der Waals surface area contributed by atoms with Crippen molar-refractivity contribution in [3.05, 3.63) is 118 Å². The minimum absolute atomic E-state index is 0.0709. The zero-order chi connectivity index (χ0) is 32.0. The number of carbonyl (C=O) groups excluding carboxylic acids is 2. The molecule has 0 radical (unpaired) electrons. The van der Waals surface area contributed by atoms with E-state index in [-0.39, 0.29) is 32.8 Å². The topological polar surface area (TPSA) is 157 Å². The molecule has 45 heavy (non-hydrogen) atoms. The van der Waals surface area contributed by atoms with Gasteiger partial charge in [0.2, 0.25) is 10.0 Å². The first-order valence-electron chi connectivity index (χ1n) is 13.0. The summed E-state index contributed by atoms with van der Waals surface area (Å²) in [6.07, 6.45) is 4.29. The number of carbonyl (C=O) groups is 2. The Morgan fingerprint density at radius 3 is 2.58 bits per heavy atom. The van der Waals surface area contributed by atoms with Crippen molar-refractivity contribution in [1.29, 1.82) is 0 Å². The van der Waals surface area contributed by atoms with Gasteiger partial charge in [-0.25, -0.2) is 17.9 Å². The molecule has 3 N–H and O–H groups in total. The Bertz CT molecular complexity index is 1930. The minimum Gasteiger partial charge on any atom is -0.483 e. The molecule has 1 aromatic heterocycles. The Hall–Kier alpha value is -4.76. The molecule has 11 nitrogen and oxygen atoms in total. The number of rotatable bonds is 10. The number of thioether (sulfide) groups is 1. The highest BCUT2D eigenvalue weighted by Crippen LogP contribution is 2.36. The summed E-state index contributed by atoms with van der Waals surface area (Å²) in [6.45, 7) is -0.334. The van der Waals surface area contributed by atoms with Crippen LogP contribution in [-0.4, -0.2) is 43.1 Å². The Morgan fingerprint density at radius 2 is 1.87 bits per heavy atom. The van der Waals surface area contributed by atoms with Crippen LogP contribution in [0.4, 0.5) is 10.1 Å². The van der Waals surface area contributed by atoms with Crippen LogP contribution in [0.15, 0.2) is 110 Å². The standard InChI is InChI=1S/C30H23ClFN5O6S2/c31-21-7-12-26(43-18-28(38)35-22-8-10-24(11-9-22)45(33,40)41)20(14-21)15-27-29(39)37(17-23-5-3-13-42-23)30(44-27)36-34-16-19-4-1-2-6-25(19)32/h1-16H,17-18H2,(H,35,38)(H2,33,40,41)/b27-15-,34-16+,36-30-. The summed E-state index contributed by atoms with van der Waals surface area (Å²) in [7, 11) is -3.87. The average molecular weight is 668 g/mol. The second-order valence-electron chi connectivity index (χ2n) is 9.32. The molecule has 3 aromatic carbocycles. The number of anilines is 1. The number of nitrogens with zero attached hydrogens (tertiary/aromatic N) is 3. The molecule has 0 saturated carbocycles. The molecule has 230 valence electrons. The Kier molecular flexibility index (Phi) is 9.78. The van der Waals surface area contributed by atoms with E-state index < -0.39 is 34.3 Å². The molecule has 0 bridgehead atoms. The lowest BCUT2D eigenvalue weighted by molar-refractivity contribution is -0.122. The molecular weight excluding hydrogens is 645 g/mol. The Labute approximate surface area is 266 Å². The first kappa shape index (κ1) is 31.7. The number of nitrogens with one attached hydrogen (secondary N) is 1. The van der Waals surface area contributed by atoms with E-state index in [9.17, 15) is 22.4 Å². The average Bonchev–Trinajstić information content (AvgIpc) is 3.62. The van der Waals surface area contributed by atoms with Gasteiger partial charge in [0.15, 0.2) is 11.8 Å². The molecule has 15 heteroatoms. The van der Waals surface area contributed by atoms with Gasteiger partial charge in [0.25, 0.3) is 11.8 Å². The molecule has 1 saturated heterocycles. The summed E-state index contributed by atoms with van der Waals surface area (Å²) in [6, 6.07) is 19.5. The second-order valence-corrected chi connectivity index (χ2v) is 12.3. The van der Waals surface area contributed by atoms with Crippen LogP contribution in [-0.2, 0) is 26.2 Å². The number of hydrogen-bond acceptors (Lipinski definition) is 9. The van der Waals surface area contributed by atoms with E-state index in [4.69, 9.17) is 25.9 Å². The van der Waals surface area contributed by atoms with E-state index in [0.717, 1.165) is 11.8 Å². The van der Waals surface area contributed by atoms with Gasteiger partial charge in [0.05, 0.1) is 28.8 Å². The van der Waals surface area contributed by atoms with Crippen LogP contribution in [0.1, 0.15) is 16.9 Å². The number of halogens is 2. The van der Waals surface area contributed by atoms with Crippen molar-refractivity contribution in [3.63, 3.8) is 0 Å². The molecule has 2 amide bonds. The van der Waals surface area contributed by atoms with Crippen LogP contribution in [0, 0.1) is 5.82 Å². The van der Waals surface area contributed by atoms with E-state index in [1.165, 1.54) is 47.7 Å². The second kappa shape index (κ2) is 13.9. The first-order chi connectivity index (χ1) is 21.6. The van der Waals surface area contributed by atoms with Crippen LogP contribution in [0.5, 0.6) is 5.75 Å². The molecule has 0 atom stereocenters. The van der Waals surface area contributed by atoms with E-state index in [1.54, 1.807) is 54.6 Å². The summed E-state index contributed by atoms with van der Waals surface area (Å²) in [4.78, 5) is 27.6. The fourth-order valence-corrected chi connectivity index (χ4v) is 5.60. The molecule has 2 heterocycles. The zero-order valence-electron chi connectivity index (χ0n) is 23.1. The van der Waals surface area contributed by atoms with E-state index in [0.29, 0.717) is 22.0 Å². The van der Waals surface area contributed by atoms with E-state index in [1.807, 2.05) is 0 Å². The maximum Gasteiger partial charge on any atom is 0.267 e. The van der Waals surface area contributed by atoms with E-state index in [2.05, 4.69) is 15.5 Å². The molecule has 5 rings (SSSR count). The maximum atomic E-state index is 14.0. The molecule has 1 aliphatic heterocycles.